The number of aromatic nitrogens is 2. The maximum Gasteiger partial charge on any atom is 0.143 e. The molecule has 1 heterocycles. The molecule has 0 unspecified atom stereocenters. The molecule has 3 heteroatoms. The summed E-state index contributed by atoms with van der Waals surface area (Å²) in [6.07, 6.45) is 0. The first-order valence-corrected chi connectivity index (χ1v) is 3.37. The van der Waals surface area contributed by atoms with Crippen molar-refractivity contribution in [3.8, 4) is 5.75 Å². The van der Waals surface area contributed by atoms with Crippen molar-refractivity contribution in [3.05, 3.63) is 29.5 Å². The molecular formula is C10H10N2O. The van der Waals surface area contributed by atoms with Crippen molar-refractivity contribution in [2.24, 2.45) is 0 Å². The Morgan fingerprint density at radius 2 is 2.08 bits per heavy atom. The summed E-state index contributed by atoms with van der Waals surface area (Å²) >= 11 is 0. The van der Waals surface area contributed by atoms with Crippen molar-refractivity contribution in [3.63, 3.8) is 0 Å². The first-order valence-electron chi connectivity index (χ1n) is 7.87. The summed E-state index contributed by atoms with van der Waals surface area (Å²) in [4.78, 5) is 7.26. The second-order valence-electron chi connectivity index (χ2n) is 2.34. The lowest BCUT2D eigenvalue weighted by atomic mass is 10.2. The molecule has 0 saturated heterocycles. The standard InChI is InChI=1S/C10H10N2O/c1-6-7(2)12-10-8(11-6)4-3-5-9(10)13/h3-5,13H,1-2H3/i1D3,2D3,3D,4D,5D. The molecule has 0 aliphatic heterocycles. The number of aryl methyl sites for hydroxylation is 2. The Balaban J connectivity index is 3.03. The van der Waals surface area contributed by atoms with E-state index in [2.05, 4.69) is 9.97 Å². The quantitative estimate of drug-likeness (QED) is 0.679. The van der Waals surface area contributed by atoms with Gasteiger partial charge in [0.25, 0.3) is 0 Å². The topological polar surface area (TPSA) is 46.0 Å². The van der Waals surface area contributed by atoms with Gasteiger partial charge in [0.1, 0.15) is 11.3 Å². The van der Waals surface area contributed by atoms with E-state index in [-0.39, 0.29) is 0 Å². The summed E-state index contributed by atoms with van der Waals surface area (Å²) in [7, 11) is 0. The highest BCUT2D eigenvalue weighted by Crippen LogP contribution is 2.21. The molecule has 0 spiro atoms. The minimum absolute atomic E-state index is 0.433. The molecule has 1 N–H and O–H groups in total. The van der Waals surface area contributed by atoms with E-state index < -0.39 is 60.0 Å². The normalized spacial score (nSPS) is 22.6. The van der Waals surface area contributed by atoms with Gasteiger partial charge in [-0.15, -0.1) is 0 Å². The monoisotopic (exact) mass is 183 g/mol. The molecule has 66 valence electrons. The fourth-order valence-electron chi connectivity index (χ4n) is 0.897. The highest BCUT2D eigenvalue weighted by atomic mass is 16.3. The third kappa shape index (κ3) is 1.22. The summed E-state index contributed by atoms with van der Waals surface area (Å²) in [5.41, 5.74) is -2.56. The number of fused-ring (bicyclic) bond motifs is 1. The van der Waals surface area contributed by atoms with Crippen molar-refractivity contribution < 1.29 is 17.4 Å². The summed E-state index contributed by atoms with van der Waals surface area (Å²) in [6.45, 7) is -5.80. The number of hydrogen-bond acceptors (Lipinski definition) is 3. The molecule has 0 amide bonds. The SMILES string of the molecule is [2H]c1c([2H])c(O)c2nc(C([2H])([2H])[2H])c(C([2H])([2H])[2H])nc2c1[2H]. The maximum absolute atomic E-state index is 9.83. The second kappa shape index (κ2) is 2.69. The van der Waals surface area contributed by atoms with E-state index in [0.717, 1.165) is 0 Å². The van der Waals surface area contributed by atoms with Gasteiger partial charge in [-0.1, -0.05) is 6.04 Å². The first kappa shape index (κ1) is 2.67. The predicted octanol–water partition coefficient (Wildman–Crippen LogP) is 1.95. The van der Waals surface area contributed by atoms with E-state index in [4.69, 9.17) is 12.3 Å². The molecule has 2 aromatic rings. The lowest BCUT2D eigenvalue weighted by Gasteiger charge is -2.02. The summed E-state index contributed by atoms with van der Waals surface area (Å²) in [5.74, 6) is -0.814. The first-order chi connectivity index (χ1) is 9.85. The lowest BCUT2D eigenvalue weighted by Crippen LogP contribution is -1.92. The van der Waals surface area contributed by atoms with Crippen molar-refractivity contribution in [2.75, 3.05) is 0 Å². The Kier molecular flexibility index (Phi) is 0.554. The molecule has 1 aromatic carbocycles. The van der Waals surface area contributed by atoms with E-state index in [0.29, 0.717) is 0 Å². The Morgan fingerprint density at radius 3 is 2.85 bits per heavy atom. The van der Waals surface area contributed by atoms with E-state index in [9.17, 15) is 5.11 Å². The van der Waals surface area contributed by atoms with Crippen LogP contribution in [0.25, 0.3) is 11.0 Å². The molecule has 2 rings (SSSR count). The van der Waals surface area contributed by atoms with Crippen LogP contribution in [0.2, 0.25) is 0 Å². The van der Waals surface area contributed by atoms with Gasteiger partial charge in [-0.05, 0) is 25.8 Å². The summed E-state index contributed by atoms with van der Waals surface area (Å²) in [6, 6.07) is -1.96. The van der Waals surface area contributed by atoms with Gasteiger partial charge in [0, 0.05) is 8.22 Å². The molecule has 3 nitrogen and oxygen atoms in total. The third-order valence-electron chi connectivity index (χ3n) is 1.48. The highest BCUT2D eigenvalue weighted by Gasteiger charge is 2.03. The molecule has 0 radical (unpaired) electrons. The smallest absolute Gasteiger partial charge is 0.143 e. The average Bonchev–Trinajstić information content (AvgIpc) is 2.39. The molecule has 13 heavy (non-hydrogen) atoms. The van der Waals surface area contributed by atoms with Crippen LogP contribution < -0.4 is 0 Å². The van der Waals surface area contributed by atoms with Gasteiger partial charge in [0.15, 0.2) is 0 Å². The summed E-state index contributed by atoms with van der Waals surface area (Å²) < 4.78 is 66.9. The number of nitrogens with zero attached hydrogens (tertiary/aromatic N) is 2. The largest absolute Gasteiger partial charge is 0.506 e. The Labute approximate surface area is 88.7 Å². The number of para-hydroxylation sites is 1. The zero-order valence-corrected chi connectivity index (χ0v) is 6.34. The van der Waals surface area contributed by atoms with Gasteiger partial charge < -0.3 is 5.11 Å². The van der Waals surface area contributed by atoms with Crippen LogP contribution in [0.4, 0.5) is 0 Å². The maximum atomic E-state index is 9.83. The van der Waals surface area contributed by atoms with Crippen LogP contribution >= 0.6 is 0 Å². The van der Waals surface area contributed by atoms with Crippen LogP contribution in [0.15, 0.2) is 18.1 Å². The van der Waals surface area contributed by atoms with E-state index in [1.54, 1.807) is 0 Å². The minimum Gasteiger partial charge on any atom is -0.506 e. The fourth-order valence-corrected chi connectivity index (χ4v) is 0.897. The molecule has 1 aromatic heterocycles. The Morgan fingerprint density at radius 1 is 1.31 bits per heavy atom. The van der Waals surface area contributed by atoms with Crippen molar-refractivity contribution >= 4 is 11.0 Å². The Bertz CT molecular complexity index is 702. The second-order valence-corrected chi connectivity index (χ2v) is 2.34. The zero-order chi connectivity index (χ0) is 17.0. The van der Waals surface area contributed by atoms with Crippen LogP contribution in [-0.4, -0.2) is 15.1 Å². The van der Waals surface area contributed by atoms with Crippen LogP contribution in [0.1, 0.15) is 23.7 Å². The van der Waals surface area contributed by atoms with Crippen molar-refractivity contribution in [1.29, 1.82) is 0 Å². The van der Waals surface area contributed by atoms with E-state index >= 15 is 0 Å². The van der Waals surface area contributed by atoms with Gasteiger partial charge in [-0.25, -0.2) is 9.97 Å². The van der Waals surface area contributed by atoms with Gasteiger partial charge in [-0.2, -0.15) is 0 Å². The number of phenolic OH excluding ortho intramolecular Hbond substituents is 1. The molecular weight excluding hydrogens is 164 g/mol. The minimum atomic E-state index is -2.90. The van der Waals surface area contributed by atoms with Crippen LogP contribution in [0.3, 0.4) is 0 Å². The highest BCUT2D eigenvalue weighted by molar-refractivity contribution is 5.80. The predicted molar refractivity (Wildman–Crippen MR) is 50.7 cm³/mol. The van der Waals surface area contributed by atoms with Gasteiger partial charge in [0.05, 0.1) is 21.0 Å². The molecule has 0 saturated carbocycles. The van der Waals surface area contributed by atoms with Crippen LogP contribution in [0, 0.1) is 13.7 Å². The van der Waals surface area contributed by atoms with Crippen molar-refractivity contribution in [2.45, 2.75) is 13.7 Å². The van der Waals surface area contributed by atoms with E-state index in [1.807, 2.05) is 0 Å². The number of benzene rings is 1. The number of hydrogen-bond donors (Lipinski definition) is 1. The molecule has 0 fully saturated rings. The molecule has 0 aliphatic rings. The lowest BCUT2D eigenvalue weighted by molar-refractivity contribution is 0.480. The molecule has 0 aliphatic carbocycles. The molecule has 0 atom stereocenters. The summed E-state index contributed by atoms with van der Waals surface area (Å²) in [5, 5.41) is 9.83. The fraction of sp³-hybridized carbons (Fsp3) is 0.200. The van der Waals surface area contributed by atoms with Gasteiger partial charge in [-0.3, -0.25) is 0 Å². The number of phenols is 1. The Hall–Kier alpha value is -1.64. The van der Waals surface area contributed by atoms with Gasteiger partial charge in [0.2, 0.25) is 0 Å². The third-order valence-corrected chi connectivity index (χ3v) is 1.48. The van der Waals surface area contributed by atoms with Crippen molar-refractivity contribution in [1.82, 2.24) is 9.97 Å². The van der Waals surface area contributed by atoms with Gasteiger partial charge >= 0.3 is 0 Å². The number of rotatable bonds is 0. The van der Waals surface area contributed by atoms with Crippen LogP contribution in [0.5, 0.6) is 5.75 Å². The van der Waals surface area contributed by atoms with E-state index in [1.165, 1.54) is 0 Å². The van der Waals surface area contributed by atoms with Crippen LogP contribution in [-0.2, 0) is 0 Å². The zero-order valence-electron chi connectivity index (χ0n) is 15.3. The molecule has 0 bridgehead atoms. The number of aromatic hydroxyl groups is 1. The average molecular weight is 183 g/mol.